The molecule has 0 aliphatic rings. The van der Waals surface area contributed by atoms with E-state index in [1.54, 1.807) is 12.4 Å². The van der Waals surface area contributed by atoms with Gasteiger partial charge in [-0.05, 0) is 13.0 Å². The smallest absolute Gasteiger partial charge is 0.250 e. The molecule has 6 heteroatoms. The van der Waals surface area contributed by atoms with Gasteiger partial charge < -0.3 is 9.73 Å². The van der Waals surface area contributed by atoms with Gasteiger partial charge in [-0.15, -0.1) is 10.2 Å². The third kappa shape index (κ3) is 3.39. The summed E-state index contributed by atoms with van der Waals surface area (Å²) >= 11 is 0. The molecule has 0 bridgehead atoms. The summed E-state index contributed by atoms with van der Waals surface area (Å²) in [5, 5.41) is 17.9. The minimum Gasteiger partial charge on any atom is -0.421 e. The fourth-order valence-electron chi connectivity index (χ4n) is 1.47. The van der Waals surface area contributed by atoms with Crippen LogP contribution < -0.4 is 5.32 Å². The molecule has 0 saturated heterocycles. The monoisotopic (exact) mass is 235 g/mol. The normalized spacial score (nSPS) is 11.2. The quantitative estimate of drug-likeness (QED) is 0.740. The maximum Gasteiger partial charge on any atom is 0.250 e. The van der Waals surface area contributed by atoms with Gasteiger partial charge in [-0.1, -0.05) is 13.8 Å². The summed E-state index contributed by atoms with van der Waals surface area (Å²) < 4.78 is 5.53. The van der Waals surface area contributed by atoms with Crippen LogP contribution in [0.2, 0.25) is 0 Å². The zero-order valence-electron chi connectivity index (χ0n) is 10.1. The molecule has 0 saturated carbocycles. The number of aromatic nitrogens is 4. The topological polar surface area (TPSA) is 79.6 Å². The number of hydrogen-bond acceptors (Lipinski definition) is 5. The molecule has 2 N–H and O–H groups in total. The number of nitrogens with zero attached hydrogens (tertiary/aromatic N) is 3. The molecule has 0 atom stereocenters. The van der Waals surface area contributed by atoms with Crippen molar-refractivity contribution >= 4 is 0 Å². The summed E-state index contributed by atoms with van der Waals surface area (Å²) in [5.41, 5.74) is 0.823. The van der Waals surface area contributed by atoms with Gasteiger partial charge in [-0.3, -0.25) is 5.10 Å². The number of rotatable bonds is 6. The van der Waals surface area contributed by atoms with E-state index < -0.39 is 0 Å². The first kappa shape index (κ1) is 11.8. The molecule has 0 spiro atoms. The second-order valence-electron chi connectivity index (χ2n) is 4.20. The lowest BCUT2D eigenvalue weighted by Crippen LogP contribution is -2.23. The van der Waals surface area contributed by atoms with E-state index in [-0.39, 0.29) is 0 Å². The molecular formula is C11H17N5O. The molecule has 0 aromatic carbocycles. The average Bonchev–Trinajstić information content (AvgIpc) is 2.94. The first-order valence-corrected chi connectivity index (χ1v) is 5.80. The Morgan fingerprint density at radius 3 is 3.00 bits per heavy atom. The lowest BCUT2D eigenvalue weighted by Gasteiger charge is -2.05. The van der Waals surface area contributed by atoms with E-state index in [4.69, 9.17) is 4.42 Å². The van der Waals surface area contributed by atoms with E-state index >= 15 is 0 Å². The Morgan fingerprint density at radius 1 is 1.41 bits per heavy atom. The first-order chi connectivity index (χ1) is 8.25. The molecule has 0 unspecified atom stereocenters. The molecular weight excluding hydrogens is 218 g/mol. The van der Waals surface area contributed by atoms with Gasteiger partial charge in [-0.25, -0.2) is 0 Å². The van der Waals surface area contributed by atoms with Gasteiger partial charge in [0.2, 0.25) is 5.89 Å². The summed E-state index contributed by atoms with van der Waals surface area (Å²) in [7, 11) is 0. The Morgan fingerprint density at radius 2 is 2.29 bits per heavy atom. The molecule has 0 radical (unpaired) electrons. The predicted octanol–water partition coefficient (Wildman–Crippen LogP) is 1.39. The Hall–Kier alpha value is -1.69. The summed E-state index contributed by atoms with van der Waals surface area (Å²) in [6.07, 6.45) is 5.19. The second-order valence-corrected chi connectivity index (χ2v) is 4.20. The van der Waals surface area contributed by atoms with Crippen LogP contribution in [0.15, 0.2) is 16.8 Å². The lowest BCUT2D eigenvalue weighted by atomic mass is 10.3. The summed E-state index contributed by atoms with van der Waals surface area (Å²) in [6, 6.07) is 0.513. The van der Waals surface area contributed by atoms with Crippen LogP contribution in [-0.2, 0) is 6.42 Å². The first-order valence-electron chi connectivity index (χ1n) is 5.80. The maximum atomic E-state index is 5.53. The van der Waals surface area contributed by atoms with Gasteiger partial charge in [0.25, 0.3) is 5.89 Å². The van der Waals surface area contributed by atoms with E-state index in [1.807, 2.05) is 0 Å². The number of aromatic amines is 1. The van der Waals surface area contributed by atoms with Crippen LogP contribution in [0, 0.1) is 0 Å². The van der Waals surface area contributed by atoms with Gasteiger partial charge in [-0.2, -0.15) is 5.10 Å². The van der Waals surface area contributed by atoms with Crippen LogP contribution >= 0.6 is 0 Å². The van der Waals surface area contributed by atoms with Crippen LogP contribution in [0.3, 0.4) is 0 Å². The standard InChI is InChI=1S/C11H17N5O/c1-8(2)12-5-3-4-10-15-16-11(17-10)9-6-13-14-7-9/h6-8,12H,3-5H2,1-2H3,(H,13,14). The molecule has 0 amide bonds. The van der Waals surface area contributed by atoms with Crippen molar-refractivity contribution in [1.82, 2.24) is 25.7 Å². The lowest BCUT2D eigenvalue weighted by molar-refractivity contribution is 0.484. The van der Waals surface area contributed by atoms with Crippen molar-refractivity contribution in [1.29, 1.82) is 0 Å². The zero-order valence-corrected chi connectivity index (χ0v) is 10.1. The second kappa shape index (κ2) is 5.58. The van der Waals surface area contributed by atoms with Crippen LogP contribution in [0.5, 0.6) is 0 Å². The highest BCUT2D eigenvalue weighted by Gasteiger charge is 2.08. The Balaban J connectivity index is 1.83. The highest BCUT2D eigenvalue weighted by Crippen LogP contribution is 2.15. The number of nitrogens with one attached hydrogen (secondary N) is 2. The summed E-state index contributed by atoms with van der Waals surface area (Å²) in [4.78, 5) is 0. The van der Waals surface area contributed by atoms with Crippen LogP contribution in [0.25, 0.3) is 11.5 Å². The molecule has 2 aromatic rings. The number of aryl methyl sites for hydroxylation is 1. The minimum atomic E-state index is 0.513. The summed E-state index contributed by atoms with van der Waals surface area (Å²) in [5.74, 6) is 1.19. The van der Waals surface area contributed by atoms with Gasteiger partial charge >= 0.3 is 0 Å². The molecule has 6 nitrogen and oxygen atoms in total. The minimum absolute atomic E-state index is 0.513. The fraction of sp³-hybridized carbons (Fsp3) is 0.545. The van der Waals surface area contributed by atoms with Gasteiger partial charge in [0.05, 0.1) is 11.8 Å². The van der Waals surface area contributed by atoms with Gasteiger partial charge in [0, 0.05) is 18.7 Å². The molecule has 0 aliphatic heterocycles. The van der Waals surface area contributed by atoms with Gasteiger partial charge in [0.1, 0.15) is 0 Å². The van der Waals surface area contributed by atoms with E-state index in [0.29, 0.717) is 17.8 Å². The molecule has 2 aromatic heterocycles. The third-order valence-electron chi connectivity index (χ3n) is 2.33. The molecule has 2 rings (SSSR count). The largest absolute Gasteiger partial charge is 0.421 e. The number of hydrogen-bond donors (Lipinski definition) is 2. The van der Waals surface area contributed by atoms with E-state index in [9.17, 15) is 0 Å². The van der Waals surface area contributed by atoms with Crippen LogP contribution in [0.1, 0.15) is 26.2 Å². The van der Waals surface area contributed by atoms with Gasteiger partial charge in [0.15, 0.2) is 0 Å². The van der Waals surface area contributed by atoms with Crippen molar-refractivity contribution < 1.29 is 4.42 Å². The Kier molecular flexibility index (Phi) is 3.87. The predicted molar refractivity (Wildman–Crippen MR) is 63.3 cm³/mol. The molecule has 0 aliphatic carbocycles. The fourth-order valence-corrected chi connectivity index (χ4v) is 1.47. The highest BCUT2D eigenvalue weighted by atomic mass is 16.4. The van der Waals surface area contributed by atoms with Crippen molar-refractivity contribution in [3.8, 4) is 11.5 Å². The van der Waals surface area contributed by atoms with Crippen molar-refractivity contribution in [3.63, 3.8) is 0 Å². The van der Waals surface area contributed by atoms with E-state index in [1.165, 1.54) is 0 Å². The van der Waals surface area contributed by atoms with E-state index in [2.05, 4.69) is 39.6 Å². The maximum absolute atomic E-state index is 5.53. The Labute approximate surface area is 99.8 Å². The number of H-pyrrole nitrogens is 1. The van der Waals surface area contributed by atoms with Crippen molar-refractivity contribution in [2.24, 2.45) is 0 Å². The molecule has 0 fully saturated rings. The van der Waals surface area contributed by atoms with Crippen molar-refractivity contribution in [2.75, 3.05) is 6.54 Å². The average molecular weight is 235 g/mol. The van der Waals surface area contributed by atoms with Crippen molar-refractivity contribution in [3.05, 3.63) is 18.3 Å². The molecule has 17 heavy (non-hydrogen) atoms. The van der Waals surface area contributed by atoms with Crippen LogP contribution in [-0.4, -0.2) is 33.0 Å². The highest BCUT2D eigenvalue weighted by molar-refractivity contribution is 5.48. The Bertz CT molecular complexity index is 434. The summed E-state index contributed by atoms with van der Waals surface area (Å²) in [6.45, 7) is 5.22. The van der Waals surface area contributed by atoms with E-state index in [0.717, 1.165) is 24.9 Å². The van der Waals surface area contributed by atoms with Crippen LogP contribution in [0.4, 0.5) is 0 Å². The molecule has 92 valence electrons. The third-order valence-corrected chi connectivity index (χ3v) is 2.33. The molecule has 2 heterocycles. The zero-order chi connectivity index (χ0) is 12.1. The van der Waals surface area contributed by atoms with Crippen molar-refractivity contribution in [2.45, 2.75) is 32.7 Å². The SMILES string of the molecule is CC(C)NCCCc1nnc(-c2cn[nH]c2)o1.